The van der Waals surface area contributed by atoms with Gasteiger partial charge in [-0.05, 0) is 11.0 Å². The summed E-state index contributed by atoms with van der Waals surface area (Å²) >= 11 is 0. The lowest BCUT2D eigenvalue weighted by Gasteiger charge is -2.32. The number of nitrogens with one attached hydrogen (secondary N) is 1. The van der Waals surface area contributed by atoms with E-state index in [1.165, 1.54) is 14.2 Å². The highest BCUT2D eigenvalue weighted by Gasteiger charge is 2.36. The van der Waals surface area contributed by atoms with E-state index in [1.54, 1.807) is 0 Å². The number of carbonyl (C=O) groups excluding carboxylic acids is 2. The molecule has 0 unspecified atom stereocenters. The van der Waals surface area contributed by atoms with E-state index in [0.29, 0.717) is 0 Å². The molecule has 0 aliphatic carbocycles. The Morgan fingerprint density at radius 1 is 1.00 bits per heavy atom. The van der Waals surface area contributed by atoms with E-state index < -0.39 is 29.4 Å². The maximum Gasteiger partial charge on any atom is 0.327 e. The smallest absolute Gasteiger partial charge is 0.327 e. The van der Waals surface area contributed by atoms with E-state index in [-0.39, 0.29) is 0 Å². The van der Waals surface area contributed by atoms with Crippen LogP contribution in [0, 0.1) is 5.41 Å². The normalized spacial score (nSPS) is 14.1. The summed E-state index contributed by atoms with van der Waals surface area (Å²) in [5, 5.41) is 3.06. The van der Waals surface area contributed by atoms with Gasteiger partial charge in [0, 0.05) is 0 Å². The lowest BCUT2D eigenvalue weighted by Crippen LogP contribution is -2.50. The van der Waals surface area contributed by atoms with Crippen molar-refractivity contribution in [1.29, 1.82) is 0 Å². The van der Waals surface area contributed by atoms with Crippen LogP contribution in [0.5, 0.6) is 0 Å². The van der Waals surface area contributed by atoms with Crippen molar-refractivity contribution in [2.75, 3.05) is 14.2 Å². The molecular weight excluding hydrogens is 270 g/mol. The highest BCUT2D eigenvalue weighted by atomic mass is 16.5. The Labute approximate surface area is 125 Å². The fourth-order valence-corrected chi connectivity index (χ4v) is 2.02. The minimum atomic E-state index is -0.723. The SMILES string of the molecule is COC(=O)[C@@H](N[C@H](C(=O)OC)C(C)(C)C)c1ccccc1. The van der Waals surface area contributed by atoms with Crippen LogP contribution in [-0.4, -0.2) is 32.2 Å². The second-order valence-corrected chi connectivity index (χ2v) is 5.86. The van der Waals surface area contributed by atoms with Gasteiger partial charge in [-0.3, -0.25) is 10.1 Å². The summed E-state index contributed by atoms with van der Waals surface area (Å²) in [6.45, 7) is 5.71. The third-order valence-electron chi connectivity index (χ3n) is 3.21. The van der Waals surface area contributed by atoms with Crippen molar-refractivity contribution in [3.05, 3.63) is 35.9 Å². The third-order valence-corrected chi connectivity index (χ3v) is 3.21. The topological polar surface area (TPSA) is 64.6 Å². The number of rotatable bonds is 5. The second-order valence-electron chi connectivity index (χ2n) is 5.86. The van der Waals surface area contributed by atoms with Crippen LogP contribution in [0.25, 0.3) is 0 Å². The molecule has 21 heavy (non-hydrogen) atoms. The van der Waals surface area contributed by atoms with Gasteiger partial charge in [-0.25, -0.2) is 4.79 Å². The van der Waals surface area contributed by atoms with Crippen molar-refractivity contribution in [2.24, 2.45) is 5.41 Å². The minimum absolute atomic E-state index is 0.409. The quantitative estimate of drug-likeness (QED) is 0.842. The Morgan fingerprint density at radius 3 is 1.95 bits per heavy atom. The largest absolute Gasteiger partial charge is 0.468 e. The Balaban J connectivity index is 3.10. The predicted octanol–water partition coefficient (Wildman–Crippen LogP) is 2.08. The van der Waals surface area contributed by atoms with Gasteiger partial charge in [-0.2, -0.15) is 0 Å². The highest BCUT2D eigenvalue weighted by molar-refractivity contribution is 5.81. The van der Waals surface area contributed by atoms with Gasteiger partial charge in [0.2, 0.25) is 0 Å². The second kappa shape index (κ2) is 7.22. The molecule has 0 fully saturated rings. The lowest BCUT2D eigenvalue weighted by molar-refractivity contribution is -0.149. The fourth-order valence-electron chi connectivity index (χ4n) is 2.02. The summed E-state index contributed by atoms with van der Waals surface area (Å²) in [5.74, 6) is -0.855. The van der Waals surface area contributed by atoms with Crippen molar-refractivity contribution >= 4 is 11.9 Å². The van der Waals surface area contributed by atoms with Gasteiger partial charge in [0.15, 0.2) is 0 Å². The van der Waals surface area contributed by atoms with Gasteiger partial charge >= 0.3 is 11.9 Å². The first-order chi connectivity index (χ1) is 9.81. The minimum Gasteiger partial charge on any atom is -0.468 e. The summed E-state index contributed by atoms with van der Waals surface area (Å²) in [6.07, 6.45) is 0. The molecule has 1 N–H and O–H groups in total. The van der Waals surface area contributed by atoms with Gasteiger partial charge in [-0.15, -0.1) is 0 Å². The molecular formula is C16H23NO4. The molecule has 0 aromatic heterocycles. The van der Waals surface area contributed by atoms with E-state index in [2.05, 4.69) is 5.32 Å². The first kappa shape index (κ1) is 17.2. The van der Waals surface area contributed by atoms with Crippen LogP contribution in [0.3, 0.4) is 0 Å². The highest BCUT2D eigenvalue weighted by Crippen LogP contribution is 2.24. The number of methoxy groups -OCH3 is 2. The molecule has 0 spiro atoms. The molecule has 1 rings (SSSR count). The van der Waals surface area contributed by atoms with Crippen LogP contribution >= 0.6 is 0 Å². The van der Waals surface area contributed by atoms with E-state index in [9.17, 15) is 9.59 Å². The molecule has 5 heteroatoms. The van der Waals surface area contributed by atoms with Crippen LogP contribution in [-0.2, 0) is 19.1 Å². The number of hydrogen-bond donors (Lipinski definition) is 1. The molecule has 5 nitrogen and oxygen atoms in total. The Morgan fingerprint density at radius 2 is 1.52 bits per heavy atom. The molecule has 1 aromatic carbocycles. The van der Waals surface area contributed by atoms with Crippen molar-refractivity contribution in [1.82, 2.24) is 5.32 Å². The summed E-state index contributed by atoms with van der Waals surface area (Å²) < 4.78 is 9.68. The standard InChI is InChI=1S/C16H23NO4/c1-16(2,3)13(15(19)21-5)17-12(14(18)20-4)11-9-7-6-8-10-11/h6-10,12-13,17H,1-5H3/t12-,13+/m0/s1. The molecule has 0 heterocycles. The molecule has 0 saturated carbocycles. The Hall–Kier alpha value is -1.88. The zero-order valence-corrected chi connectivity index (χ0v) is 13.2. The maximum absolute atomic E-state index is 12.0. The van der Waals surface area contributed by atoms with Gasteiger partial charge in [0.1, 0.15) is 12.1 Å². The molecule has 0 radical (unpaired) electrons. The summed E-state index contributed by atoms with van der Waals surface area (Å²) in [7, 11) is 2.66. The van der Waals surface area contributed by atoms with Gasteiger partial charge in [-0.1, -0.05) is 51.1 Å². The first-order valence-electron chi connectivity index (χ1n) is 6.78. The van der Waals surface area contributed by atoms with Gasteiger partial charge in [0.25, 0.3) is 0 Å². The molecule has 1 aromatic rings. The number of ether oxygens (including phenoxy) is 2. The molecule has 0 aliphatic heterocycles. The fraction of sp³-hybridized carbons (Fsp3) is 0.500. The van der Waals surface area contributed by atoms with Crippen LogP contribution in [0.1, 0.15) is 32.4 Å². The molecule has 0 saturated heterocycles. The van der Waals surface area contributed by atoms with Crippen molar-refractivity contribution in [3.8, 4) is 0 Å². The number of benzene rings is 1. The average Bonchev–Trinajstić information content (AvgIpc) is 2.46. The lowest BCUT2D eigenvalue weighted by atomic mass is 9.85. The van der Waals surface area contributed by atoms with Crippen LogP contribution in [0.4, 0.5) is 0 Å². The number of carbonyl (C=O) groups is 2. The molecule has 0 aliphatic rings. The third kappa shape index (κ3) is 4.56. The van der Waals surface area contributed by atoms with E-state index in [4.69, 9.17) is 9.47 Å². The van der Waals surface area contributed by atoms with Crippen LogP contribution in [0.15, 0.2) is 30.3 Å². The predicted molar refractivity (Wildman–Crippen MR) is 79.6 cm³/mol. The van der Waals surface area contributed by atoms with Crippen LogP contribution in [0.2, 0.25) is 0 Å². The van der Waals surface area contributed by atoms with Crippen molar-refractivity contribution < 1.29 is 19.1 Å². The summed E-state index contributed by atoms with van der Waals surface area (Å²) in [5.41, 5.74) is 0.330. The Bertz CT molecular complexity index is 479. The molecule has 0 bridgehead atoms. The molecule has 2 atom stereocenters. The van der Waals surface area contributed by atoms with E-state index >= 15 is 0 Å². The van der Waals surface area contributed by atoms with E-state index in [1.807, 2.05) is 51.1 Å². The van der Waals surface area contributed by atoms with Crippen molar-refractivity contribution in [3.63, 3.8) is 0 Å². The summed E-state index contributed by atoms with van der Waals surface area (Å²) in [4.78, 5) is 24.0. The first-order valence-corrected chi connectivity index (χ1v) is 6.78. The zero-order valence-electron chi connectivity index (χ0n) is 13.2. The maximum atomic E-state index is 12.0. The summed E-state index contributed by atoms with van der Waals surface area (Å²) in [6, 6.07) is 7.79. The van der Waals surface area contributed by atoms with Crippen LogP contribution < -0.4 is 5.32 Å². The Kier molecular flexibility index (Phi) is 5.90. The monoisotopic (exact) mass is 293 g/mol. The number of esters is 2. The van der Waals surface area contributed by atoms with E-state index in [0.717, 1.165) is 5.56 Å². The number of hydrogen-bond acceptors (Lipinski definition) is 5. The van der Waals surface area contributed by atoms with Gasteiger partial charge in [0.05, 0.1) is 14.2 Å². The van der Waals surface area contributed by atoms with Gasteiger partial charge < -0.3 is 9.47 Å². The average molecular weight is 293 g/mol. The molecule has 0 amide bonds. The van der Waals surface area contributed by atoms with Crippen molar-refractivity contribution in [2.45, 2.75) is 32.9 Å². The molecule has 116 valence electrons. The zero-order chi connectivity index (χ0) is 16.0.